The van der Waals surface area contributed by atoms with E-state index in [0.717, 1.165) is 12.0 Å². The van der Waals surface area contributed by atoms with Crippen molar-refractivity contribution in [1.82, 2.24) is 5.16 Å². The van der Waals surface area contributed by atoms with E-state index in [1.165, 1.54) is 0 Å². The fourth-order valence-corrected chi connectivity index (χ4v) is 0.673. The van der Waals surface area contributed by atoms with Crippen LogP contribution in [0.4, 0.5) is 0 Å². The van der Waals surface area contributed by atoms with Gasteiger partial charge in [0.1, 0.15) is 6.26 Å². The van der Waals surface area contributed by atoms with Gasteiger partial charge in [0.05, 0.1) is 12.8 Å². The molecule has 0 atom stereocenters. The molecule has 1 heterocycles. The average Bonchev–Trinajstić information content (AvgIpc) is 2.50. The zero-order chi connectivity index (χ0) is 7.94. The number of hydrogen-bond donors (Lipinski definition) is 1. The van der Waals surface area contributed by atoms with Gasteiger partial charge in [0, 0.05) is 12.2 Å². The zero-order valence-electron chi connectivity index (χ0n) is 6.32. The van der Waals surface area contributed by atoms with E-state index in [2.05, 4.69) is 9.68 Å². The second kappa shape index (κ2) is 4.87. The van der Waals surface area contributed by atoms with Crippen molar-refractivity contribution in [3.8, 4) is 0 Å². The Balaban J connectivity index is 2.04. The van der Waals surface area contributed by atoms with Crippen molar-refractivity contribution in [2.24, 2.45) is 5.73 Å². The van der Waals surface area contributed by atoms with Gasteiger partial charge < -0.3 is 15.0 Å². The average molecular weight is 156 g/mol. The summed E-state index contributed by atoms with van der Waals surface area (Å²) in [5.74, 6) is 0. The molecule has 1 rings (SSSR count). The molecule has 0 unspecified atom stereocenters. The van der Waals surface area contributed by atoms with Crippen molar-refractivity contribution in [2.45, 2.75) is 13.0 Å². The smallest absolute Gasteiger partial charge is 0.129 e. The molecule has 0 fully saturated rings. The number of nitrogens with two attached hydrogens (primary N) is 1. The highest BCUT2D eigenvalue weighted by molar-refractivity contribution is 4.97. The van der Waals surface area contributed by atoms with Crippen LogP contribution in [-0.2, 0) is 11.3 Å². The molecule has 4 heteroatoms. The molecular weight excluding hydrogens is 144 g/mol. The van der Waals surface area contributed by atoms with Gasteiger partial charge in [0.2, 0.25) is 0 Å². The molecule has 0 aliphatic carbocycles. The van der Waals surface area contributed by atoms with Crippen LogP contribution in [-0.4, -0.2) is 18.3 Å². The van der Waals surface area contributed by atoms with E-state index in [1.807, 2.05) is 0 Å². The summed E-state index contributed by atoms with van der Waals surface area (Å²) in [6.45, 7) is 1.93. The highest BCUT2D eigenvalue weighted by Crippen LogP contribution is 1.98. The predicted molar refractivity (Wildman–Crippen MR) is 39.8 cm³/mol. The third kappa shape index (κ3) is 3.15. The van der Waals surface area contributed by atoms with Crippen molar-refractivity contribution in [3.05, 3.63) is 18.0 Å². The summed E-state index contributed by atoms with van der Waals surface area (Å²) in [6.07, 6.45) is 4.11. The monoisotopic (exact) mass is 156 g/mol. The van der Waals surface area contributed by atoms with Gasteiger partial charge >= 0.3 is 0 Å². The molecule has 0 amide bonds. The van der Waals surface area contributed by atoms with E-state index in [9.17, 15) is 0 Å². The molecule has 0 aromatic carbocycles. The molecule has 62 valence electrons. The van der Waals surface area contributed by atoms with Crippen molar-refractivity contribution in [2.75, 3.05) is 13.2 Å². The summed E-state index contributed by atoms with van der Waals surface area (Å²) in [4.78, 5) is 0. The van der Waals surface area contributed by atoms with Crippen LogP contribution < -0.4 is 5.73 Å². The quantitative estimate of drug-likeness (QED) is 0.632. The Hall–Kier alpha value is -0.870. The minimum atomic E-state index is 0.559. The summed E-state index contributed by atoms with van der Waals surface area (Å²) >= 11 is 0. The SMILES string of the molecule is NCCCOCc1cnoc1. The lowest BCUT2D eigenvalue weighted by Gasteiger charge is -1.98. The predicted octanol–water partition coefficient (Wildman–Crippen LogP) is 0.540. The molecule has 1 aromatic heterocycles. The molecule has 11 heavy (non-hydrogen) atoms. The Bertz CT molecular complexity index is 175. The van der Waals surface area contributed by atoms with E-state index in [0.29, 0.717) is 19.8 Å². The van der Waals surface area contributed by atoms with Gasteiger partial charge in [-0.1, -0.05) is 5.16 Å². The van der Waals surface area contributed by atoms with Crippen LogP contribution in [0.3, 0.4) is 0 Å². The largest absolute Gasteiger partial charge is 0.377 e. The molecule has 0 saturated carbocycles. The van der Waals surface area contributed by atoms with Crippen LogP contribution in [0.25, 0.3) is 0 Å². The molecule has 0 aliphatic heterocycles. The summed E-state index contributed by atoms with van der Waals surface area (Å²) < 4.78 is 9.86. The fraction of sp³-hybridized carbons (Fsp3) is 0.571. The number of aromatic nitrogens is 1. The van der Waals surface area contributed by atoms with Crippen LogP contribution >= 0.6 is 0 Å². The molecule has 2 N–H and O–H groups in total. The number of rotatable bonds is 5. The lowest BCUT2D eigenvalue weighted by Crippen LogP contribution is -2.03. The molecule has 0 spiro atoms. The first-order valence-corrected chi connectivity index (χ1v) is 3.59. The maximum Gasteiger partial charge on any atom is 0.129 e. The molecule has 0 radical (unpaired) electrons. The first-order valence-electron chi connectivity index (χ1n) is 3.59. The fourth-order valence-electron chi connectivity index (χ4n) is 0.673. The highest BCUT2D eigenvalue weighted by atomic mass is 16.5. The Morgan fingerprint density at radius 2 is 2.55 bits per heavy atom. The van der Waals surface area contributed by atoms with Gasteiger partial charge in [0.25, 0.3) is 0 Å². The van der Waals surface area contributed by atoms with Gasteiger partial charge in [-0.15, -0.1) is 0 Å². The van der Waals surface area contributed by atoms with E-state index >= 15 is 0 Å². The maximum atomic E-state index is 5.28. The van der Waals surface area contributed by atoms with Crippen LogP contribution in [0.1, 0.15) is 12.0 Å². The number of nitrogens with zero attached hydrogens (tertiary/aromatic N) is 1. The number of ether oxygens (including phenoxy) is 1. The lowest BCUT2D eigenvalue weighted by molar-refractivity contribution is 0.119. The molecule has 1 aromatic rings. The van der Waals surface area contributed by atoms with E-state index in [1.54, 1.807) is 12.5 Å². The van der Waals surface area contributed by atoms with E-state index in [-0.39, 0.29) is 0 Å². The molecule has 0 bridgehead atoms. The van der Waals surface area contributed by atoms with Gasteiger partial charge in [-0.05, 0) is 13.0 Å². The summed E-state index contributed by atoms with van der Waals surface area (Å²) in [5, 5.41) is 3.54. The standard InChI is InChI=1S/C7H12N2O2/c8-2-1-3-10-5-7-4-9-11-6-7/h4,6H,1-3,5,8H2. The van der Waals surface area contributed by atoms with Crippen molar-refractivity contribution in [3.63, 3.8) is 0 Å². The van der Waals surface area contributed by atoms with Gasteiger partial charge in [-0.3, -0.25) is 0 Å². The molecule has 0 saturated heterocycles. The number of hydrogen-bond acceptors (Lipinski definition) is 4. The van der Waals surface area contributed by atoms with Gasteiger partial charge in [-0.2, -0.15) is 0 Å². The van der Waals surface area contributed by atoms with Crippen LogP contribution in [0.15, 0.2) is 17.0 Å². The summed E-state index contributed by atoms with van der Waals surface area (Å²) in [5.41, 5.74) is 6.24. The molecular formula is C7H12N2O2. The maximum absolute atomic E-state index is 5.28. The summed E-state index contributed by atoms with van der Waals surface area (Å²) in [6, 6.07) is 0. The Labute approximate surface area is 65.3 Å². The zero-order valence-corrected chi connectivity index (χ0v) is 6.32. The third-order valence-electron chi connectivity index (χ3n) is 1.24. The highest BCUT2D eigenvalue weighted by Gasteiger charge is 1.93. The topological polar surface area (TPSA) is 61.3 Å². The Morgan fingerprint density at radius 1 is 1.64 bits per heavy atom. The summed E-state index contributed by atoms with van der Waals surface area (Å²) in [7, 11) is 0. The van der Waals surface area contributed by atoms with Crippen LogP contribution in [0.5, 0.6) is 0 Å². The Morgan fingerprint density at radius 3 is 3.18 bits per heavy atom. The first kappa shape index (κ1) is 8.23. The van der Waals surface area contributed by atoms with Crippen molar-refractivity contribution >= 4 is 0 Å². The van der Waals surface area contributed by atoms with Crippen molar-refractivity contribution < 1.29 is 9.26 Å². The molecule has 0 aliphatic rings. The Kier molecular flexibility index (Phi) is 3.64. The third-order valence-corrected chi connectivity index (χ3v) is 1.24. The van der Waals surface area contributed by atoms with Crippen molar-refractivity contribution in [1.29, 1.82) is 0 Å². The van der Waals surface area contributed by atoms with Gasteiger partial charge in [-0.25, -0.2) is 0 Å². The minimum Gasteiger partial charge on any atom is -0.377 e. The molecule has 4 nitrogen and oxygen atoms in total. The van der Waals surface area contributed by atoms with E-state index < -0.39 is 0 Å². The lowest BCUT2D eigenvalue weighted by atomic mass is 10.4. The second-order valence-corrected chi connectivity index (χ2v) is 2.23. The normalized spacial score (nSPS) is 10.3. The van der Waals surface area contributed by atoms with E-state index in [4.69, 9.17) is 10.5 Å². The van der Waals surface area contributed by atoms with Gasteiger partial charge in [0.15, 0.2) is 0 Å². The van der Waals surface area contributed by atoms with Crippen LogP contribution in [0, 0.1) is 0 Å². The first-order chi connectivity index (χ1) is 5.43. The second-order valence-electron chi connectivity index (χ2n) is 2.23. The van der Waals surface area contributed by atoms with Crippen LogP contribution in [0.2, 0.25) is 0 Å². The minimum absolute atomic E-state index is 0.559.